The number of halogens is 3. The normalized spacial score (nSPS) is 15.1. The number of rotatable bonds is 0. The van der Waals surface area contributed by atoms with Gasteiger partial charge in [0.2, 0.25) is 0 Å². The van der Waals surface area contributed by atoms with E-state index in [4.69, 9.17) is 5.26 Å². The molecule has 0 amide bonds. The number of nitrogens with zero attached hydrogens (tertiary/aromatic N) is 1. The van der Waals surface area contributed by atoms with Crippen LogP contribution in [0.4, 0.5) is 0 Å². The van der Waals surface area contributed by atoms with Gasteiger partial charge >= 0.3 is 0 Å². The molecular formula is C31H24Br3N. The minimum Gasteiger partial charge on any atom is -0.192 e. The number of fused-ring (bicyclic) bond motifs is 6. The van der Waals surface area contributed by atoms with Crippen molar-refractivity contribution in [3.8, 4) is 28.3 Å². The van der Waals surface area contributed by atoms with Crippen molar-refractivity contribution in [1.29, 1.82) is 5.26 Å². The quantitative estimate of drug-likeness (QED) is 0.186. The molecule has 6 rings (SSSR count). The molecule has 0 fully saturated rings. The van der Waals surface area contributed by atoms with E-state index in [1.54, 1.807) is 0 Å². The van der Waals surface area contributed by atoms with Crippen LogP contribution in [0.1, 0.15) is 55.5 Å². The zero-order valence-corrected chi connectivity index (χ0v) is 24.8. The maximum Gasteiger partial charge on any atom is 0.0991 e. The van der Waals surface area contributed by atoms with Crippen molar-refractivity contribution in [2.75, 3.05) is 0 Å². The minimum absolute atomic E-state index is 0.0404. The predicted octanol–water partition coefficient (Wildman–Crippen LogP) is 10.1. The lowest BCUT2D eigenvalue weighted by Gasteiger charge is -2.21. The van der Waals surface area contributed by atoms with Crippen LogP contribution in [0.3, 0.4) is 0 Å². The Kier molecular flexibility index (Phi) is 6.11. The second-order valence-electron chi connectivity index (χ2n) is 10.2. The maximum atomic E-state index is 9.04. The van der Waals surface area contributed by atoms with Crippen molar-refractivity contribution in [3.05, 3.63) is 114 Å². The predicted molar refractivity (Wildman–Crippen MR) is 156 cm³/mol. The standard InChI is InChI=1S/C16H12BrN.C15H12Br2/c1-16(2)14-7-10(9-18)3-5-12(14)13-6-4-11(17)8-15(13)16;1-15(2)13-7-9(16)3-5-11(13)12-6-4-10(17)8-14(12)15/h3-8H,1-2H3;3-8H,1-2H3. The van der Waals surface area contributed by atoms with E-state index in [-0.39, 0.29) is 10.8 Å². The molecule has 174 valence electrons. The third-order valence-electron chi connectivity index (χ3n) is 7.37. The first-order valence-electron chi connectivity index (χ1n) is 11.5. The van der Waals surface area contributed by atoms with Gasteiger partial charge in [-0.1, -0.05) is 99.8 Å². The molecule has 4 aromatic carbocycles. The molecule has 2 aliphatic rings. The van der Waals surface area contributed by atoms with Crippen LogP contribution in [0.25, 0.3) is 22.3 Å². The summed E-state index contributed by atoms with van der Waals surface area (Å²) in [6.07, 6.45) is 0. The van der Waals surface area contributed by atoms with Gasteiger partial charge in [-0.15, -0.1) is 0 Å². The number of nitriles is 1. The molecule has 0 saturated heterocycles. The van der Waals surface area contributed by atoms with Gasteiger partial charge in [0, 0.05) is 24.2 Å². The molecule has 0 atom stereocenters. The van der Waals surface area contributed by atoms with Gasteiger partial charge in [0.25, 0.3) is 0 Å². The van der Waals surface area contributed by atoms with E-state index >= 15 is 0 Å². The van der Waals surface area contributed by atoms with Crippen LogP contribution < -0.4 is 0 Å². The van der Waals surface area contributed by atoms with E-state index in [1.165, 1.54) is 44.5 Å². The molecule has 4 aromatic rings. The highest BCUT2D eigenvalue weighted by Gasteiger charge is 2.36. The molecule has 0 saturated carbocycles. The Hall–Kier alpha value is -2.19. The second kappa shape index (κ2) is 8.73. The molecule has 0 N–H and O–H groups in total. The van der Waals surface area contributed by atoms with Crippen LogP contribution in [0.5, 0.6) is 0 Å². The van der Waals surface area contributed by atoms with Gasteiger partial charge in [0.15, 0.2) is 0 Å². The first kappa shape index (κ1) is 24.5. The molecule has 0 aliphatic heterocycles. The fourth-order valence-electron chi connectivity index (χ4n) is 5.46. The van der Waals surface area contributed by atoms with Gasteiger partial charge in [-0.25, -0.2) is 0 Å². The highest BCUT2D eigenvalue weighted by atomic mass is 79.9. The zero-order valence-electron chi connectivity index (χ0n) is 20.0. The summed E-state index contributed by atoms with van der Waals surface area (Å²) in [6.45, 7) is 9.00. The van der Waals surface area contributed by atoms with E-state index in [9.17, 15) is 0 Å². The third-order valence-corrected chi connectivity index (χ3v) is 8.85. The van der Waals surface area contributed by atoms with Gasteiger partial charge in [0.05, 0.1) is 11.6 Å². The monoisotopic (exact) mass is 647 g/mol. The Morgan fingerprint density at radius 1 is 0.514 bits per heavy atom. The first-order valence-corrected chi connectivity index (χ1v) is 13.9. The van der Waals surface area contributed by atoms with Gasteiger partial charge in [-0.05, 0) is 93.0 Å². The van der Waals surface area contributed by atoms with E-state index in [1.807, 2.05) is 12.1 Å². The summed E-state index contributed by atoms with van der Waals surface area (Å²) in [5, 5.41) is 9.04. The van der Waals surface area contributed by atoms with Crippen LogP contribution >= 0.6 is 47.8 Å². The van der Waals surface area contributed by atoms with E-state index in [0.29, 0.717) is 0 Å². The summed E-state index contributed by atoms with van der Waals surface area (Å²) in [4.78, 5) is 0. The Morgan fingerprint density at radius 2 is 0.829 bits per heavy atom. The number of benzene rings is 4. The lowest BCUT2D eigenvalue weighted by Crippen LogP contribution is -2.15. The van der Waals surface area contributed by atoms with Crippen molar-refractivity contribution in [2.24, 2.45) is 0 Å². The summed E-state index contributed by atoms with van der Waals surface area (Å²) in [5.74, 6) is 0. The molecule has 4 heteroatoms. The van der Waals surface area contributed by atoms with Gasteiger partial charge < -0.3 is 0 Å². The fourth-order valence-corrected chi connectivity index (χ4v) is 6.54. The van der Waals surface area contributed by atoms with Crippen LogP contribution in [-0.4, -0.2) is 0 Å². The summed E-state index contributed by atoms with van der Waals surface area (Å²) in [6, 6.07) is 27.7. The largest absolute Gasteiger partial charge is 0.192 e. The molecule has 35 heavy (non-hydrogen) atoms. The Bertz CT molecular complexity index is 1490. The van der Waals surface area contributed by atoms with Crippen molar-refractivity contribution < 1.29 is 0 Å². The van der Waals surface area contributed by atoms with E-state index < -0.39 is 0 Å². The highest BCUT2D eigenvalue weighted by Crippen LogP contribution is 2.50. The molecular weight excluding hydrogens is 626 g/mol. The lowest BCUT2D eigenvalue weighted by atomic mass is 9.82. The minimum atomic E-state index is -0.0404. The van der Waals surface area contributed by atoms with Gasteiger partial charge in [-0.3, -0.25) is 0 Å². The van der Waals surface area contributed by atoms with Crippen molar-refractivity contribution in [2.45, 2.75) is 38.5 Å². The second-order valence-corrected chi connectivity index (χ2v) is 12.9. The maximum absolute atomic E-state index is 9.04. The molecule has 0 unspecified atom stereocenters. The van der Waals surface area contributed by atoms with Crippen LogP contribution in [-0.2, 0) is 10.8 Å². The summed E-state index contributed by atoms with van der Waals surface area (Å²) in [7, 11) is 0. The molecule has 0 radical (unpaired) electrons. The third kappa shape index (κ3) is 4.02. The smallest absolute Gasteiger partial charge is 0.0991 e. The summed E-state index contributed by atoms with van der Waals surface area (Å²) < 4.78 is 3.40. The average Bonchev–Trinajstić information content (AvgIpc) is 3.18. The van der Waals surface area contributed by atoms with E-state index in [0.717, 1.165) is 19.0 Å². The van der Waals surface area contributed by atoms with Crippen LogP contribution in [0, 0.1) is 11.3 Å². The van der Waals surface area contributed by atoms with Crippen molar-refractivity contribution >= 4 is 47.8 Å². The number of hydrogen-bond acceptors (Lipinski definition) is 1. The van der Waals surface area contributed by atoms with Gasteiger partial charge in [0.1, 0.15) is 0 Å². The fraction of sp³-hybridized carbons (Fsp3) is 0.194. The molecule has 0 aromatic heterocycles. The zero-order chi connectivity index (χ0) is 25.1. The van der Waals surface area contributed by atoms with E-state index in [2.05, 4.69) is 142 Å². The summed E-state index contributed by atoms with van der Waals surface area (Å²) in [5.41, 5.74) is 11.4. The Labute approximate surface area is 232 Å². The van der Waals surface area contributed by atoms with Crippen LogP contribution in [0.15, 0.2) is 86.2 Å². The Morgan fingerprint density at radius 3 is 1.17 bits per heavy atom. The van der Waals surface area contributed by atoms with Crippen LogP contribution in [0.2, 0.25) is 0 Å². The first-order chi connectivity index (χ1) is 16.5. The topological polar surface area (TPSA) is 23.8 Å². The van der Waals surface area contributed by atoms with Crippen molar-refractivity contribution in [3.63, 3.8) is 0 Å². The summed E-state index contributed by atoms with van der Waals surface area (Å²) >= 11 is 10.7. The number of hydrogen-bond donors (Lipinski definition) is 0. The molecule has 2 aliphatic carbocycles. The lowest BCUT2D eigenvalue weighted by molar-refractivity contribution is 0.659. The van der Waals surface area contributed by atoms with Gasteiger partial charge in [-0.2, -0.15) is 5.26 Å². The highest BCUT2D eigenvalue weighted by molar-refractivity contribution is 9.11. The average molecular weight is 650 g/mol. The molecule has 0 heterocycles. The molecule has 0 spiro atoms. The Balaban J connectivity index is 0.000000145. The molecule has 1 nitrogen and oxygen atoms in total. The molecule has 0 bridgehead atoms. The van der Waals surface area contributed by atoms with Crippen molar-refractivity contribution in [1.82, 2.24) is 0 Å². The SMILES string of the molecule is CC1(C)c2cc(Br)ccc2-c2ccc(Br)cc21.CC1(C)c2cc(Br)ccc2-c2ccc(C#N)cc21.